The van der Waals surface area contributed by atoms with Crippen LogP contribution < -0.4 is 11.1 Å². The average Bonchev–Trinajstić information content (AvgIpc) is 2.38. The number of hydrogen-bond donors (Lipinski definition) is 2. The lowest BCUT2D eigenvalue weighted by atomic mass is 9.71. The highest BCUT2D eigenvalue weighted by Crippen LogP contribution is 2.38. The predicted molar refractivity (Wildman–Crippen MR) is 80.5 cm³/mol. The quantitative estimate of drug-likeness (QED) is 0.789. The number of halogens is 1. The van der Waals surface area contributed by atoms with Crippen LogP contribution in [0.3, 0.4) is 0 Å². The molecule has 0 heterocycles. The van der Waals surface area contributed by atoms with Gasteiger partial charge in [-0.25, -0.2) is 0 Å². The molecule has 0 atom stereocenters. The molecule has 0 unspecified atom stereocenters. The zero-order chi connectivity index (χ0) is 13.6. The van der Waals surface area contributed by atoms with E-state index >= 15 is 0 Å². The topological polar surface area (TPSA) is 64.3 Å². The van der Waals surface area contributed by atoms with Gasteiger partial charge in [-0.1, -0.05) is 19.3 Å². The van der Waals surface area contributed by atoms with Crippen molar-refractivity contribution in [2.45, 2.75) is 58.0 Å². The van der Waals surface area contributed by atoms with Crippen molar-refractivity contribution in [3.63, 3.8) is 0 Å². The number of amides is 1. The van der Waals surface area contributed by atoms with E-state index in [1.807, 2.05) is 13.8 Å². The molecule has 114 valence electrons. The van der Waals surface area contributed by atoms with E-state index in [9.17, 15) is 4.79 Å². The molecule has 4 nitrogen and oxygen atoms in total. The Bertz CT molecular complexity index is 277. The molecule has 0 aromatic carbocycles. The molecule has 1 saturated carbocycles. The maximum absolute atomic E-state index is 12.0. The van der Waals surface area contributed by atoms with Gasteiger partial charge in [0.1, 0.15) is 0 Å². The minimum absolute atomic E-state index is 0. The zero-order valence-electron chi connectivity index (χ0n) is 12.5. The maximum atomic E-state index is 12.0. The molecule has 1 rings (SSSR count). The number of hydrogen-bond acceptors (Lipinski definition) is 3. The van der Waals surface area contributed by atoms with Gasteiger partial charge in [-0.15, -0.1) is 12.4 Å². The summed E-state index contributed by atoms with van der Waals surface area (Å²) in [4.78, 5) is 12.0. The highest BCUT2D eigenvalue weighted by molar-refractivity contribution is 5.85. The maximum Gasteiger partial charge on any atom is 0.220 e. The van der Waals surface area contributed by atoms with Crippen molar-refractivity contribution < 1.29 is 9.53 Å². The van der Waals surface area contributed by atoms with Crippen molar-refractivity contribution in [2.75, 3.05) is 20.2 Å². The standard InChI is InChI=1S/C14H28N2O2.ClH/c1-13(2,18-3)11-16-12(17)9-14(10-15)7-5-4-6-8-14;/h4-11,15H2,1-3H3,(H,16,17);1H. The first kappa shape index (κ1) is 18.7. The molecule has 0 aromatic heterocycles. The highest BCUT2D eigenvalue weighted by Gasteiger charge is 2.33. The zero-order valence-corrected chi connectivity index (χ0v) is 13.3. The summed E-state index contributed by atoms with van der Waals surface area (Å²) in [6.45, 7) is 5.09. The summed E-state index contributed by atoms with van der Waals surface area (Å²) < 4.78 is 5.29. The van der Waals surface area contributed by atoms with Crippen LogP contribution in [0.4, 0.5) is 0 Å². The number of nitrogens with one attached hydrogen (secondary N) is 1. The monoisotopic (exact) mass is 292 g/mol. The van der Waals surface area contributed by atoms with Crippen molar-refractivity contribution in [1.82, 2.24) is 5.32 Å². The summed E-state index contributed by atoms with van der Waals surface area (Å²) in [6, 6.07) is 0. The number of carbonyl (C=O) groups excluding carboxylic acids is 1. The third-order valence-corrected chi connectivity index (χ3v) is 4.15. The Kier molecular flexibility index (Phi) is 7.94. The van der Waals surface area contributed by atoms with Crippen LogP contribution in [0.25, 0.3) is 0 Å². The first-order chi connectivity index (χ1) is 8.43. The van der Waals surface area contributed by atoms with Crippen molar-refractivity contribution in [3.8, 4) is 0 Å². The van der Waals surface area contributed by atoms with Crippen LogP contribution in [0.2, 0.25) is 0 Å². The van der Waals surface area contributed by atoms with Gasteiger partial charge < -0.3 is 15.8 Å². The van der Waals surface area contributed by atoms with Gasteiger partial charge in [-0.2, -0.15) is 0 Å². The fraction of sp³-hybridized carbons (Fsp3) is 0.929. The van der Waals surface area contributed by atoms with E-state index in [1.54, 1.807) is 7.11 Å². The molecular weight excluding hydrogens is 264 g/mol. The molecule has 19 heavy (non-hydrogen) atoms. The predicted octanol–water partition coefficient (Wildman–Crippen LogP) is 2.25. The van der Waals surface area contributed by atoms with Crippen molar-refractivity contribution >= 4 is 18.3 Å². The third kappa shape index (κ3) is 6.11. The summed E-state index contributed by atoms with van der Waals surface area (Å²) in [6.07, 6.45) is 6.42. The van der Waals surface area contributed by atoms with Crippen LogP contribution in [0.15, 0.2) is 0 Å². The molecule has 1 amide bonds. The minimum atomic E-state index is -0.307. The van der Waals surface area contributed by atoms with Crippen LogP contribution in [-0.2, 0) is 9.53 Å². The SMILES string of the molecule is COC(C)(C)CNC(=O)CC1(CN)CCCCC1.Cl. The summed E-state index contributed by atoms with van der Waals surface area (Å²) in [7, 11) is 1.66. The highest BCUT2D eigenvalue weighted by atomic mass is 35.5. The molecule has 0 bridgehead atoms. The van der Waals surface area contributed by atoms with E-state index in [2.05, 4.69) is 5.32 Å². The van der Waals surface area contributed by atoms with Crippen LogP contribution in [0, 0.1) is 5.41 Å². The van der Waals surface area contributed by atoms with Gasteiger partial charge in [0.15, 0.2) is 0 Å². The Morgan fingerprint density at radius 1 is 1.32 bits per heavy atom. The first-order valence-corrected chi connectivity index (χ1v) is 6.95. The van der Waals surface area contributed by atoms with Gasteiger partial charge in [0.25, 0.3) is 0 Å². The molecule has 0 aliphatic heterocycles. The molecular formula is C14H29ClN2O2. The number of methoxy groups -OCH3 is 1. The van der Waals surface area contributed by atoms with Crippen LogP contribution in [0.5, 0.6) is 0 Å². The summed E-state index contributed by atoms with van der Waals surface area (Å²) >= 11 is 0. The van der Waals surface area contributed by atoms with Crippen molar-refractivity contribution in [1.29, 1.82) is 0 Å². The third-order valence-electron chi connectivity index (χ3n) is 4.15. The normalized spacial score (nSPS) is 18.5. The van der Waals surface area contributed by atoms with Crippen molar-refractivity contribution in [2.24, 2.45) is 11.1 Å². The average molecular weight is 293 g/mol. The lowest BCUT2D eigenvalue weighted by Crippen LogP contribution is -2.43. The summed E-state index contributed by atoms with van der Waals surface area (Å²) in [5, 5.41) is 2.96. The molecule has 1 aliphatic rings. The van der Waals surface area contributed by atoms with Gasteiger partial charge in [-0.3, -0.25) is 4.79 Å². The van der Waals surface area contributed by atoms with E-state index in [0.717, 1.165) is 12.8 Å². The van der Waals surface area contributed by atoms with Crippen LogP contribution >= 0.6 is 12.4 Å². The Morgan fingerprint density at radius 3 is 2.37 bits per heavy atom. The summed E-state index contributed by atoms with van der Waals surface area (Å²) in [5.41, 5.74) is 5.62. The fourth-order valence-electron chi connectivity index (χ4n) is 2.54. The van der Waals surface area contributed by atoms with E-state index < -0.39 is 0 Å². The first-order valence-electron chi connectivity index (χ1n) is 6.95. The molecule has 0 spiro atoms. The Hall–Kier alpha value is -0.320. The Morgan fingerprint density at radius 2 is 1.89 bits per heavy atom. The second kappa shape index (κ2) is 8.08. The van der Waals surface area contributed by atoms with Gasteiger partial charge in [-0.05, 0) is 38.6 Å². The van der Waals surface area contributed by atoms with E-state index in [0.29, 0.717) is 19.5 Å². The molecule has 5 heteroatoms. The van der Waals surface area contributed by atoms with E-state index in [1.165, 1.54) is 19.3 Å². The van der Waals surface area contributed by atoms with Gasteiger partial charge in [0.05, 0.1) is 5.60 Å². The lowest BCUT2D eigenvalue weighted by molar-refractivity contribution is -0.125. The second-order valence-electron chi connectivity index (χ2n) is 6.18. The largest absolute Gasteiger partial charge is 0.377 e. The molecule has 0 saturated heterocycles. The number of carbonyl (C=O) groups is 1. The van der Waals surface area contributed by atoms with Crippen LogP contribution in [0.1, 0.15) is 52.4 Å². The Balaban J connectivity index is 0.00000324. The molecule has 0 aromatic rings. The number of nitrogens with two attached hydrogens (primary N) is 1. The molecule has 1 aliphatic carbocycles. The summed E-state index contributed by atoms with van der Waals surface area (Å²) in [5.74, 6) is 0.104. The van der Waals surface area contributed by atoms with Crippen molar-refractivity contribution in [3.05, 3.63) is 0 Å². The minimum Gasteiger partial charge on any atom is -0.377 e. The van der Waals surface area contributed by atoms with Gasteiger partial charge >= 0.3 is 0 Å². The number of rotatable bonds is 6. The van der Waals surface area contributed by atoms with Gasteiger partial charge in [0.2, 0.25) is 5.91 Å². The van der Waals surface area contributed by atoms with E-state index in [4.69, 9.17) is 10.5 Å². The smallest absolute Gasteiger partial charge is 0.220 e. The molecule has 0 radical (unpaired) electrons. The van der Waals surface area contributed by atoms with E-state index in [-0.39, 0.29) is 29.3 Å². The number of ether oxygens (including phenoxy) is 1. The van der Waals surface area contributed by atoms with Gasteiger partial charge in [0, 0.05) is 20.1 Å². The fourth-order valence-corrected chi connectivity index (χ4v) is 2.54. The molecule has 3 N–H and O–H groups in total. The lowest BCUT2D eigenvalue weighted by Gasteiger charge is -2.36. The Labute approximate surface area is 123 Å². The molecule has 1 fully saturated rings. The second-order valence-corrected chi connectivity index (χ2v) is 6.18. The van der Waals surface area contributed by atoms with Crippen LogP contribution in [-0.4, -0.2) is 31.7 Å².